The number of hydrogen-bond acceptors (Lipinski definition) is 10. The van der Waals surface area contributed by atoms with E-state index in [0.717, 1.165) is 0 Å². The number of methoxy groups -OCH3 is 3. The molecule has 1 N–H and O–H groups in total. The van der Waals surface area contributed by atoms with Crippen LogP contribution in [-0.2, 0) is 47.6 Å². The molecule has 0 aromatic heterocycles. The van der Waals surface area contributed by atoms with E-state index in [2.05, 4.69) is 19.5 Å². The molecule has 0 saturated carbocycles. The number of rotatable bonds is 17. The topological polar surface area (TPSA) is 136 Å². The van der Waals surface area contributed by atoms with Gasteiger partial charge in [0.15, 0.2) is 0 Å². The van der Waals surface area contributed by atoms with Crippen molar-refractivity contribution in [3.05, 3.63) is 0 Å². The fourth-order valence-corrected chi connectivity index (χ4v) is 2.19. The molecule has 11 heteroatoms. The lowest BCUT2D eigenvalue weighted by atomic mass is 10.0. The summed E-state index contributed by atoms with van der Waals surface area (Å²) in [5.74, 6) is -1.55. The van der Waals surface area contributed by atoms with Gasteiger partial charge in [-0.25, -0.2) is 0 Å². The van der Waals surface area contributed by atoms with Crippen LogP contribution in [0, 0.1) is 0 Å². The largest absolute Gasteiger partial charge is 0.469 e. The Balaban J connectivity index is 5.03. The predicted molar refractivity (Wildman–Crippen MR) is 104 cm³/mol. The summed E-state index contributed by atoms with van der Waals surface area (Å²) in [7, 11) is 3.83. The number of nitrogens with one attached hydrogen (secondary N) is 1. The number of carbonyl (C=O) groups is 4. The Labute approximate surface area is 176 Å². The van der Waals surface area contributed by atoms with Crippen molar-refractivity contribution in [2.75, 3.05) is 61.0 Å². The quantitative estimate of drug-likeness (QED) is 0.189. The van der Waals surface area contributed by atoms with E-state index in [1.165, 1.54) is 21.3 Å². The van der Waals surface area contributed by atoms with E-state index < -0.39 is 23.4 Å². The Bertz CT molecular complexity index is 478. The molecule has 0 aliphatic heterocycles. The molecule has 0 heterocycles. The zero-order valence-corrected chi connectivity index (χ0v) is 18.2. The molecule has 0 saturated heterocycles. The van der Waals surface area contributed by atoms with Gasteiger partial charge in [-0.2, -0.15) is 0 Å². The van der Waals surface area contributed by atoms with Gasteiger partial charge in [0.05, 0.1) is 80.2 Å². The zero-order chi connectivity index (χ0) is 22.8. The van der Waals surface area contributed by atoms with Crippen LogP contribution in [0.4, 0.5) is 0 Å². The third-order valence-electron chi connectivity index (χ3n) is 3.90. The summed E-state index contributed by atoms with van der Waals surface area (Å²) in [6, 6.07) is 0. The zero-order valence-electron chi connectivity index (χ0n) is 18.2. The molecule has 30 heavy (non-hydrogen) atoms. The highest BCUT2D eigenvalue weighted by atomic mass is 16.5. The Hall–Kier alpha value is -2.24. The van der Waals surface area contributed by atoms with Crippen molar-refractivity contribution < 1.29 is 47.6 Å². The van der Waals surface area contributed by atoms with Crippen LogP contribution in [-0.4, -0.2) is 90.3 Å². The van der Waals surface area contributed by atoms with Crippen molar-refractivity contribution in [1.29, 1.82) is 0 Å². The van der Waals surface area contributed by atoms with Crippen LogP contribution in [0.1, 0.15) is 32.6 Å². The normalized spacial score (nSPS) is 10.9. The first kappa shape index (κ1) is 27.8. The molecule has 0 rings (SSSR count). The highest BCUT2D eigenvalue weighted by Crippen LogP contribution is 2.11. The molecule has 1 amide bonds. The average molecular weight is 435 g/mol. The molecule has 0 unspecified atom stereocenters. The van der Waals surface area contributed by atoms with Crippen molar-refractivity contribution in [2.45, 2.75) is 38.1 Å². The van der Waals surface area contributed by atoms with Crippen LogP contribution >= 0.6 is 0 Å². The monoisotopic (exact) mass is 435 g/mol. The van der Waals surface area contributed by atoms with Crippen molar-refractivity contribution >= 4 is 23.8 Å². The summed E-state index contributed by atoms with van der Waals surface area (Å²) in [4.78, 5) is 45.9. The molecule has 0 radical (unpaired) electrons. The van der Waals surface area contributed by atoms with Gasteiger partial charge < -0.3 is 33.7 Å². The lowest BCUT2D eigenvalue weighted by molar-refractivity contribution is -0.143. The molecule has 0 aliphatic rings. The maximum absolute atomic E-state index is 12.1. The van der Waals surface area contributed by atoms with Crippen LogP contribution < -0.4 is 5.32 Å². The van der Waals surface area contributed by atoms with Gasteiger partial charge in [-0.05, 0) is 0 Å². The van der Waals surface area contributed by atoms with Crippen LogP contribution in [0.3, 0.4) is 0 Å². The maximum Gasteiger partial charge on any atom is 0.307 e. The highest BCUT2D eigenvalue weighted by Gasteiger charge is 2.33. The van der Waals surface area contributed by atoms with Gasteiger partial charge in [0.2, 0.25) is 5.91 Å². The van der Waals surface area contributed by atoms with E-state index in [9.17, 15) is 19.2 Å². The summed E-state index contributed by atoms with van der Waals surface area (Å²) in [6.07, 6.45) is 0.344. The Morgan fingerprint density at radius 1 is 0.667 bits per heavy atom. The standard InChI is InChI=1S/C19H33NO10/c1-5-15(21)20-19(12-28-9-6-16(22)25-2,13-29-10-7-17(23)26-3)14-30-11-8-18(24)27-4/h5-14H2,1-4H3,(H,20,21). The Morgan fingerprint density at radius 3 is 1.27 bits per heavy atom. The molecular formula is C19H33NO10. The van der Waals surface area contributed by atoms with Crippen LogP contribution in [0.2, 0.25) is 0 Å². The van der Waals surface area contributed by atoms with Crippen molar-refractivity contribution in [3.8, 4) is 0 Å². The van der Waals surface area contributed by atoms with Crippen LogP contribution in [0.5, 0.6) is 0 Å². The van der Waals surface area contributed by atoms with Crippen LogP contribution in [0.25, 0.3) is 0 Å². The minimum absolute atomic E-state index is 0.0216. The first-order chi connectivity index (χ1) is 14.3. The number of esters is 3. The minimum Gasteiger partial charge on any atom is -0.469 e. The molecule has 0 atom stereocenters. The molecule has 0 spiro atoms. The highest BCUT2D eigenvalue weighted by molar-refractivity contribution is 5.76. The summed E-state index contributed by atoms with van der Waals surface area (Å²) < 4.78 is 30.4. The van der Waals surface area contributed by atoms with Gasteiger partial charge >= 0.3 is 17.9 Å². The smallest absolute Gasteiger partial charge is 0.307 e. The number of amides is 1. The molecule has 0 aromatic rings. The van der Waals surface area contributed by atoms with Gasteiger partial charge in [-0.3, -0.25) is 19.2 Å². The van der Waals surface area contributed by atoms with Gasteiger partial charge in [0.1, 0.15) is 5.54 Å². The average Bonchev–Trinajstić information content (AvgIpc) is 2.76. The molecule has 0 aromatic carbocycles. The third kappa shape index (κ3) is 13.1. The van der Waals surface area contributed by atoms with Crippen molar-refractivity contribution in [1.82, 2.24) is 5.32 Å². The summed E-state index contributed by atoms with van der Waals surface area (Å²) in [5.41, 5.74) is -1.09. The summed E-state index contributed by atoms with van der Waals surface area (Å²) in [5, 5.41) is 2.82. The van der Waals surface area contributed by atoms with E-state index in [1.807, 2.05) is 0 Å². The van der Waals surface area contributed by atoms with Crippen molar-refractivity contribution in [3.63, 3.8) is 0 Å². The van der Waals surface area contributed by atoms with Crippen molar-refractivity contribution in [2.24, 2.45) is 0 Å². The van der Waals surface area contributed by atoms with Gasteiger partial charge in [-0.1, -0.05) is 6.92 Å². The van der Waals surface area contributed by atoms with E-state index in [4.69, 9.17) is 14.2 Å². The molecular weight excluding hydrogens is 402 g/mol. The number of carbonyl (C=O) groups excluding carboxylic acids is 4. The summed E-state index contributed by atoms with van der Waals surface area (Å²) >= 11 is 0. The second-order valence-corrected chi connectivity index (χ2v) is 6.32. The maximum atomic E-state index is 12.1. The second-order valence-electron chi connectivity index (χ2n) is 6.32. The molecule has 0 fully saturated rings. The van der Waals surface area contributed by atoms with Gasteiger partial charge in [0.25, 0.3) is 0 Å². The second kappa shape index (κ2) is 16.5. The van der Waals surface area contributed by atoms with Gasteiger partial charge in [-0.15, -0.1) is 0 Å². The molecule has 0 aliphatic carbocycles. The van der Waals surface area contributed by atoms with E-state index >= 15 is 0 Å². The third-order valence-corrected chi connectivity index (χ3v) is 3.90. The molecule has 0 bridgehead atoms. The lowest BCUT2D eigenvalue weighted by Gasteiger charge is -2.34. The number of hydrogen-bond donors (Lipinski definition) is 1. The first-order valence-electron chi connectivity index (χ1n) is 9.57. The Kier molecular flexibility index (Phi) is 15.3. The minimum atomic E-state index is -1.09. The lowest BCUT2D eigenvalue weighted by Crippen LogP contribution is -2.58. The van der Waals surface area contributed by atoms with Crippen LogP contribution in [0.15, 0.2) is 0 Å². The van der Waals surface area contributed by atoms with Gasteiger partial charge in [0, 0.05) is 6.42 Å². The SMILES string of the molecule is CCC(=O)NC(COCCC(=O)OC)(COCCC(=O)OC)COCCC(=O)OC. The molecule has 11 nitrogen and oxygen atoms in total. The Morgan fingerprint density at radius 2 is 1.00 bits per heavy atom. The fraction of sp³-hybridized carbons (Fsp3) is 0.789. The summed E-state index contributed by atoms with van der Waals surface area (Å²) in [6.45, 7) is 1.83. The van der Waals surface area contributed by atoms with E-state index in [1.54, 1.807) is 6.92 Å². The number of ether oxygens (including phenoxy) is 6. The first-order valence-corrected chi connectivity index (χ1v) is 9.57. The molecule has 174 valence electrons. The van der Waals surface area contributed by atoms with E-state index in [0.29, 0.717) is 0 Å². The fourth-order valence-electron chi connectivity index (χ4n) is 2.19. The van der Waals surface area contributed by atoms with E-state index in [-0.39, 0.29) is 71.2 Å². The predicted octanol–water partition coefficient (Wildman–Crippen LogP) is -0.00950.